The molecular weight excluding hydrogens is 328 g/mol. The number of carboxylic acids is 1. The number of carbonyl (C=O) groups excluding carboxylic acids is 1. The van der Waals surface area contributed by atoms with Crippen LogP contribution in [-0.2, 0) is 9.59 Å². The number of aliphatic carboxylic acids is 1. The number of nitrogens with one attached hydrogen (secondary N) is 1. The van der Waals surface area contributed by atoms with Crippen LogP contribution in [0.2, 0.25) is 0 Å². The van der Waals surface area contributed by atoms with Crippen LogP contribution in [0.15, 0.2) is 0 Å². The maximum absolute atomic E-state index is 11.6. The lowest BCUT2D eigenvalue weighted by Gasteiger charge is -2.10. The molecule has 0 heterocycles. The Morgan fingerprint density at radius 2 is 1.23 bits per heavy atom. The van der Waals surface area contributed by atoms with Gasteiger partial charge in [0.1, 0.15) is 0 Å². The lowest BCUT2D eigenvalue weighted by atomic mass is 10.0. The summed E-state index contributed by atoms with van der Waals surface area (Å²) in [5, 5.41) is 11.5. The van der Waals surface area contributed by atoms with Crippen molar-refractivity contribution in [1.82, 2.24) is 5.32 Å². The van der Waals surface area contributed by atoms with Crippen molar-refractivity contribution < 1.29 is 14.7 Å². The largest absolute Gasteiger partial charge is 0.481 e. The van der Waals surface area contributed by atoms with Gasteiger partial charge in [-0.3, -0.25) is 9.59 Å². The number of hydrogen-bond donors (Lipinski definition) is 3. The van der Waals surface area contributed by atoms with Gasteiger partial charge < -0.3 is 16.2 Å². The van der Waals surface area contributed by atoms with Gasteiger partial charge in [0.25, 0.3) is 0 Å². The van der Waals surface area contributed by atoms with Crippen LogP contribution in [0.25, 0.3) is 0 Å². The summed E-state index contributed by atoms with van der Waals surface area (Å²) in [5.41, 5.74) is 5.77. The van der Waals surface area contributed by atoms with E-state index < -0.39 is 5.97 Å². The third-order valence-corrected chi connectivity index (χ3v) is 4.80. The summed E-state index contributed by atoms with van der Waals surface area (Å²) < 4.78 is 0. The second-order valence-electron chi connectivity index (χ2n) is 7.43. The zero-order chi connectivity index (χ0) is 19.5. The smallest absolute Gasteiger partial charge is 0.303 e. The van der Waals surface area contributed by atoms with E-state index in [1.165, 1.54) is 64.2 Å². The predicted octanol–water partition coefficient (Wildman–Crippen LogP) is 4.78. The van der Waals surface area contributed by atoms with E-state index in [1.807, 2.05) is 6.92 Å². The fourth-order valence-corrected chi connectivity index (χ4v) is 3.13. The first-order valence-electron chi connectivity index (χ1n) is 10.8. The Balaban J connectivity index is 3.15. The SMILES string of the molecule is CCCC(N)C(=O)NCCCCCCCCCCCCCCCC(=O)O. The van der Waals surface area contributed by atoms with Gasteiger partial charge in [-0.05, 0) is 19.3 Å². The van der Waals surface area contributed by atoms with Crippen molar-refractivity contribution in [1.29, 1.82) is 0 Å². The van der Waals surface area contributed by atoms with Gasteiger partial charge in [-0.2, -0.15) is 0 Å². The van der Waals surface area contributed by atoms with Gasteiger partial charge in [0.2, 0.25) is 5.91 Å². The molecule has 0 aliphatic rings. The molecule has 26 heavy (non-hydrogen) atoms. The summed E-state index contributed by atoms with van der Waals surface area (Å²) >= 11 is 0. The molecule has 4 N–H and O–H groups in total. The second-order valence-corrected chi connectivity index (χ2v) is 7.43. The highest BCUT2D eigenvalue weighted by Crippen LogP contribution is 2.12. The Kier molecular flexibility index (Phi) is 17.9. The zero-order valence-electron chi connectivity index (χ0n) is 16.9. The number of nitrogens with two attached hydrogens (primary N) is 1. The standard InChI is InChI=1S/C21H42N2O3/c1-2-16-19(22)21(26)23-18-15-13-11-9-7-5-3-4-6-8-10-12-14-17-20(24)25/h19H,2-18,22H2,1H3,(H,23,26)(H,24,25). The highest BCUT2D eigenvalue weighted by Gasteiger charge is 2.10. The fourth-order valence-electron chi connectivity index (χ4n) is 3.13. The summed E-state index contributed by atoms with van der Waals surface area (Å²) in [5.74, 6) is -0.681. The summed E-state index contributed by atoms with van der Waals surface area (Å²) in [6.07, 6.45) is 17.6. The van der Waals surface area contributed by atoms with Crippen molar-refractivity contribution in [3.63, 3.8) is 0 Å². The molecule has 0 aliphatic heterocycles. The Labute approximate surface area is 160 Å². The molecule has 0 rings (SSSR count). The van der Waals surface area contributed by atoms with Crippen LogP contribution in [0, 0.1) is 0 Å². The fraction of sp³-hybridized carbons (Fsp3) is 0.905. The number of amides is 1. The molecule has 0 aromatic heterocycles. The first-order chi connectivity index (χ1) is 12.6. The lowest BCUT2D eigenvalue weighted by Crippen LogP contribution is -2.40. The molecule has 0 spiro atoms. The van der Waals surface area contributed by atoms with Gasteiger partial charge in [0.05, 0.1) is 6.04 Å². The summed E-state index contributed by atoms with van der Waals surface area (Å²) in [6, 6.07) is -0.343. The minimum Gasteiger partial charge on any atom is -0.481 e. The van der Waals surface area contributed by atoms with E-state index in [1.54, 1.807) is 0 Å². The van der Waals surface area contributed by atoms with E-state index in [2.05, 4.69) is 5.32 Å². The molecule has 0 saturated heterocycles. The molecule has 0 aromatic carbocycles. The molecule has 0 aromatic rings. The average Bonchev–Trinajstić information content (AvgIpc) is 2.61. The Morgan fingerprint density at radius 1 is 0.808 bits per heavy atom. The molecule has 1 atom stereocenters. The summed E-state index contributed by atoms with van der Waals surface area (Å²) in [6.45, 7) is 2.79. The molecule has 0 radical (unpaired) electrons. The average molecular weight is 371 g/mol. The van der Waals surface area contributed by atoms with E-state index in [4.69, 9.17) is 10.8 Å². The van der Waals surface area contributed by atoms with Gasteiger partial charge in [-0.1, -0.05) is 84.0 Å². The van der Waals surface area contributed by atoms with Crippen LogP contribution >= 0.6 is 0 Å². The van der Waals surface area contributed by atoms with Gasteiger partial charge in [-0.15, -0.1) is 0 Å². The van der Waals surface area contributed by atoms with Crippen molar-refractivity contribution in [3.05, 3.63) is 0 Å². The Morgan fingerprint density at radius 3 is 1.65 bits per heavy atom. The first-order valence-corrected chi connectivity index (χ1v) is 10.8. The summed E-state index contributed by atoms with van der Waals surface area (Å²) in [4.78, 5) is 22.0. The van der Waals surface area contributed by atoms with E-state index in [9.17, 15) is 9.59 Å². The van der Waals surface area contributed by atoms with E-state index in [0.717, 1.165) is 38.6 Å². The van der Waals surface area contributed by atoms with Crippen LogP contribution < -0.4 is 11.1 Å². The van der Waals surface area contributed by atoms with Crippen molar-refractivity contribution in [2.45, 2.75) is 116 Å². The van der Waals surface area contributed by atoms with Crippen LogP contribution in [0.5, 0.6) is 0 Å². The molecule has 0 bridgehead atoms. The molecule has 5 heteroatoms. The van der Waals surface area contributed by atoms with Gasteiger partial charge in [-0.25, -0.2) is 0 Å². The van der Waals surface area contributed by atoms with Crippen molar-refractivity contribution >= 4 is 11.9 Å². The van der Waals surface area contributed by atoms with Crippen LogP contribution in [-0.4, -0.2) is 29.6 Å². The molecule has 154 valence electrons. The number of unbranched alkanes of at least 4 members (excludes halogenated alkanes) is 12. The maximum atomic E-state index is 11.6. The Hall–Kier alpha value is -1.10. The van der Waals surface area contributed by atoms with Crippen LogP contribution in [0.1, 0.15) is 110 Å². The third kappa shape index (κ3) is 17.7. The minimum atomic E-state index is -0.675. The monoisotopic (exact) mass is 370 g/mol. The normalized spacial score (nSPS) is 12.1. The zero-order valence-corrected chi connectivity index (χ0v) is 16.9. The topological polar surface area (TPSA) is 92.4 Å². The summed E-state index contributed by atoms with van der Waals surface area (Å²) in [7, 11) is 0. The van der Waals surface area contributed by atoms with Gasteiger partial charge in [0.15, 0.2) is 0 Å². The molecule has 0 saturated carbocycles. The van der Waals surface area contributed by atoms with Crippen LogP contribution in [0.3, 0.4) is 0 Å². The van der Waals surface area contributed by atoms with Crippen LogP contribution in [0.4, 0.5) is 0 Å². The lowest BCUT2D eigenvalue weighted by molar-refractivity contribution is -0.137. The van der Waals surface area contributed by atoms with E-state index in [-0.39, 0.29) is 11.9 Å². The van der Waals surface area contributed by atoms with E-state index in [0.29, 0.717) is 6.42 Å². The number of rotatable bonds is 19. The minimum absolute atomic E-state index is 0.00580. The van der Waals surface area contributed by atoms with Gasteiger partial charge >= 0.3 is 5.97 Å². The number of carboxylic acid groups (broad SMARTS) is 1. The first kappa shape index (κ1) is 24.9. The van der Waals surface area contributed by atoms with E-state index >= 15 is 0 Å². The molecule has 0 aliphatic carbocycles. The highest BCUT2D eigenvalue weighted by atomic mass is 16.4. The second kappa shape index (κ2) is 18.7. The molecule has 0 fully saturated rings. The Bertz CT molecular complexity index is 348. The quantitative estimate of drug-likeness (QED) is 0.285. The highest BCUT2D eigenvalue weighted by molar-refractivity contribution is 5.81. The van der Waals surface area contributed by atoms with Crippen molar-refractivity contribution in [2.24, 2.45) is 5.73 Å². The van der Waals surface area contributed by atoms with Gasteiger partial charge in [0, 0.05) is 13.0 Å². The van der Waals surface area contributed by atoms with Crippen molar-refractivity contribution in [2.75, 3.05) is 6.54 Å². The molecule has 1 unspecified atom stereocenters. The molecular formula is C21H42N2O3. The molecule has 1 amide bonds. The molecule has 5 nitrogen and oxygen atoms in total. The predicted molar refractivity (Wildman–Crippen MR) is 108 cm³/mol. The third-order valence-electron chi connectivity index (χ3n) is 4.80. The van der Waals surface area contributed by atoms with Crippen molar-refractivity contribution in [3.8, 4) is 0 Å². The number of hydrogen-bond acceptors (Lipinski definition) is 3. The maximum Gasteiger partial charge on any atom is 0.303 e. The number of carbonyl (C=O) groups is 2.